The molecule has 0 spiro atoms. The van der Waals surface area contributed by atoms with Gasteiger partial charge in [0.05, 0.1) is 0 Å². The van der Waals surface area contributed by atoms with E-state index in [0.717, 1.165) is 34.1 Å². The highest BCUT2D eigenvalue weighted by Crippen LogP contribution is 2.31. The lowest BCUT2D eigenvalue weighted by molar-refractivity contribution is 1.12. The van der Waals surface area contributed by atoms with Crippen molar-refractivity contribution in [3.8, 4) is 10.4 Å². The van der Waals surface area contributed by atoms with Crippen molar-refractivity contribution in [2.45, 2.75) is 13.3 Å². The summed E-state index contributed by atoms with van der Waals surface area (Å²) in [6.07, 6.45) is 0.928. The molecule has 1 aromatic carbocycles. The molecule has 1 aromatic heterocycles. The summed E-state index contributed by atoms with van der Waals surface area (Å²) in [4.78, 5) is 2.26. The molecule has 0 fully saturated rings. The van der Waals surface area contributed by atoms with Crippen LogP contribution in [-0.2, 0) is 0 Å². The van der Waals surface area contributed by atoms with Crippen molar-refractivity contribution in [3.05, 3.63) is 40.7 Å². The molecule has 0 atom stereocenters. The molecule has 1 N–H and O–H groups in total. The van der Waals surface area contributed by atoms with Gasteiger partial charge in [-0.05, 0) is 42.0 Å². The molecule has 4 heteroatoms. The van der Waals surface area contributed by atoms with Crippen LogP contribution in [0.25, 0.3) is 10.4 Å². The Morgan fingerprint density at radius 2 is 2.22 bits per heavy atom. The Labute approximate surface area is 122 Å². The average Bonchev–Trinajstić information content (AvgIpc) is 2.77. The van der Waals surface area contributed by atoms with Crippen molar-refractivity contribution in [2.24, 2.45) is 0 Å². The quantitative estimate of drug-likeness (QED) is 0.755. The number of rotatable bonds is 5. The molecule has 2 rings (SSSR count). The second-order valence-corrected chi connectivity index (χ2v) is 6.13. The van der Waals surface area contributed by atoms with Crippen molar-refractivity contribution < 1.29 is 0 Å². The maximum Gasteiger partial charge on any atom is 0.0455 e. The molecule has 1 heterocycles. The minimum atomic E-state index is 0.770. The van der Waals surface area contributed by atoms with E-state index in [1.165, 1.54) is 4.88 Å². The topological polar surface area (TPSA) is 12.0 Å². The van der Waals surface area contributed by atoms with Crippen molar-refractivity contribution in [1.29, 1.82) is 0 Å². The molecule has 94 valence electrons. The Morgan fingerprint density at radius 3 is 2.94 bits per heavy atom. The van der Waals surface area contributed by atoms with Crippen LogP contribution in [0.5, 0.6) is 0 Å². The zero-order valence-electron chi connectivity index (χ0n) is 10.1. The summed E-state index contributed by atoms with van der Waals surface area (Å²) in [5.74, 6) is 0. The molecule has 0 aliphatic rings. The lowest BCUT2D eigenvalue weighted by atomic mass is 10.2. The zero-order valence-corrected chi connectivity index (χ0v) is 12.5. The standard InChI is InChI=1S/C14H14ClNS2/c1-10(17)5-6-16-13-8-14(18-9-13)11-3-2-4-12(15)7-11/h2-4,7-9,16H,5-6H2,1H3. The molecular weight excluding hydrogens is 282 g/mol. The van der Waals surface area contributed by atoms with Gasteiger partial charge in [-0.2, -0.15) is 0 Å². The Hall–Kier alpha value is -0.900. The predicted molar refractivity (Wildman–Crippen MR) is 86.1 cm³/mol. The fraction of sp³-hybridized carbons (Fsp3) is 0.214. The van der Waals surface area contributed by atoms with Gasteiger partial charge in [-0.15, -0.1) is 11.3 Å². The first-order valence-electron chi connectivity index (χ1n) is 5.73. The summed E-state index contributed by atoms with van der Waals surface area (Å²) in [6.45, 7) is 2.86. The molecule has 0 aliphatic carbocycles. The molecule has 0 saturated carbocycles. The Balaban J connectivity index is 2.04. The lowest BCUT2D eigenvalue weighted by Crippen LogP contribution is -2.03. The number of benzene rings is 1. The third-order valence-corrected chi connectivity index (χ3v) is 3.93. The van der Waals surface area contributed by atoms with Crippen LogP contribution in [0.15, 0.2) is 35.7 Å². The average molecular weight is 296 g/mol. The van der Waals surface area contributed by atoms with E-state index >= 15 is 0 Å². The van der Waals surface area contributed by atoms with Gasteiger partial charge in [0.15, 0.2) is 0 Å². The first-order valence-corrected chi connectivity index (χ1v) is 7.39. The van der Waals surface area contributed by atoms with Gasteiger partial charge in [-0.1, -0.05) is 36.0 Å². The predicted octanol–water partition coefficient (Wildman–Crippen LogP) is 5.26. The van der Waals surface area contributed by atoms with E-state index in [0.29, 0.717) is 0 Å². The van der Waals surface area contributed by atoms with Crippen LogP contribution in [0.1, 0.15) is 13.3 Å². The van der Waals surface area contributed by atoms with E-state index in [1.54, 1.807) is 11.3 Å². The molecule has 0 amide bonds. The molecule has 0 aliphatic heterocycles. The van der Waals surface area contributed by atoms with Crippen LogP contribution in [0.4, 0.5) is 5.69 Å². The third-order valence-electron chi connectivity index (χ3n) is 2.51. The van der Waals surface area contributed by atoms with E-state index in [2.05, 4.69) is 22.8 Å². The van der Waals surface area contributed by atoms with Gasteiger partial charge in [0, 0.05) is 27.5 Å². The molecule has 0 radical (unpaired) electrons. The van der Waals surface area contributed by atoms with E-state index in [9.17, 15) is 0 Å². The molecule has 1 nitrogen and oxygen atoms in total. The summed E-state index contributed by atoms with van der Waals surface area (Å²) in [5.41, 5.74) is 2.30. The van der Waals surface area contributed by atoms with Gasteiger partial charge >= 0.3 is 0 Å². The number of thiocarbonyl (C=S) groups is 1. The van der Waals surface area contributed by atoms with Crippen LogP contribution >= 0.6 is 35.2 Å². The van der Waals surface area contributed by atoms with Gasteiger partial charge in [0.25, 0.3) is 0 Å². The Kier molecular flexibility index (Phi) is 4.75. The summed E-state index contributed by atoms with van der Waals surface area (Å²) in [6, 6.07) is 10.1. The molecular formula is C14H14ClNS2. The van der Waals surface area contributed by atoms with Gasteiger partial charge in [-0.25, -0.2) is 0 Å². The zero-order chi connectivity index (χ0) is 13.0. The van der Waals surface area contributed by atoms with Gasteiger partial charge in [0.1, 0.15) is 0 Å². The fourth-order valence-electron chi connectivity index (χ4n) is 1.60. The first kappa shape index (κ1) is 13.5. The van der Waals surface area contributed by atoms with Crippen LogP contribution in [0.2, 0.25) is 5.02 Å². The van der Waals surface area contributed by atoms with E-state index in [1.807, 2.05) is 25.1 Å². The molecule has 0 saturated heterocycles. The number of hydrogen-bond donors (Lipinski definition) is 1. The van der Waals surface area contributed by atoms with Crippen molar-refractivity contribution in [3.63, 3.8) is 0 Å². The highest BCUT2D eigenvalue weighted by Gasteiger charge is 2.03. The highest BCUT2D eigenvalue weighted by molar-refractivity contribution is 7.80. The summed E-state index contributed by atoms with van der Waals surface area (Å²) < 4.78 is 0. The van der Waals surface area contributed by atoms with Crippen LogP contribution in [0.3, 0.4) is 0 Å². The number of hydrogen-bond acceptors (Lipinski definition) is 3. The summed E-state index contributed by atoms with van der Waals surface area (Å²) in [5, 5.41) is 6.26. The second-order valence-electron chi connectivity index (χ2n) is 4.09. The number of nitrogens with one attached hydrogen (secondary N) is 1. The third kappa shape index (κ3) is 3.80. The van der Waals surface area contributed by atoms with Crippen LogP contribution < -0.4 is 5.32 Å². The minimum absolute atomic E-state index is 0.770. The Morgan fingerprint density at radius 1 is 1.39 bits per heavy atom. The number of thiophene rings is 1. The fourth-order valence-corrected chi connectivity index (χ4v) is 2.76. The van der Waals surface area contributed by atoms with Gasteiger partial charge < -0.3 is 5.32 Å². The lowest BCUT2D eigenvalue weighted by Gasteiger charge is -2.02. The smallest absolute Gasteiger partial charge is 0.0455 e. The highest BCUT2D eigenvalue weighted by atomic mass is 35.5. The summed E-state index contributed by atoms with van der Waals surface area (Å²) >= 11 is 12.8. The van der Waals surface area contributed by atoms with Crippen molar-refractivity contribution in [2.75, 3.05) is 11.9 Å². The molecule has 0 bridgehead atoms. The molecule has 0 unspecified atom stereocenters. The largest absolute Gasteiger partial charge is 0.384 e. The van der Waals surface area contributed by atoms with Crippen molar-refractivity contribution >= 4 is 45.7 Å². The number of halogens is 1. The van der Waals surface area contributed by atoms with Gasteiger partial charge in [-0.3, -0.25) is 0 Å². The molecule has 2 aromatic rings. The second kappa shape index (κ2) is 6.32. The maximum atomic E-state index is 5.99. The monoisotopic (exact) mass is 295 g/mol. The SMILES string of the molecule is CC(=S)CCNc1csc(-c2cccc(Cl)c2)c1. The maximum absolute atomic E-state index is 5.99. The number of anilines is 1. The van der Waals surface area contributed by atoms with E-state index in [-0.39, 0.29) is 0 Å². The minimum Gasteiger partial charge on any atom is -0.384 e. The van der Waals surface area contributed by atoms with Crippen LogP contribution in [0, 0.1) is 0 Å². The summed E-state index contributed by atoms with van der Waals surface area (Å²) in [7, 11) is 0. The van der Waals surface area contributed by atoms with Crippen molar-refractivity contribution in [1.82, 2.24) is 0 Å². The molecule has 18 heavy (non-hydrogen) atoms. The van der Waals surface area contributed by atoms with Crippen LogP contribution in [-0.4, -0.2) is 11.4 Å². The van der Waals surface area contributed by atoms with E-state index in [4.69, 9.17) is 23.8 Å². The normalized spacial score (nSPS) is 10.3. The van der Waals surface area contributed by atoms with Gasteiger partial charge in [0.2, 0.25) is 0 Å². The van der Waals surface area contributed by atoms with E-state index < -0.39 is 0 Å². The first-order chi connectivity index (χ1) is 8.65. The Bertz CT molecular complexity index is 548.